The maximum absolute atomic E-state index is 12.6. The number of hydrogen-bond acceptors (Lipinski definition) is 4. The molecule has 0 spiro atoms. The van der Waals surface area contributed by atoms with Crippen molar-refractivity contribution in [2.24, 2.45) is 5.92 Å². The Morgan fingerprint density at radius 1 is 1.03 bits per heavy atom. The smallest absolute Gasteiger partial charge is 0.407 e. The van der Waals surface area contributed by atoms with Gasteiger partial charge in [-0.3, -0.25) is 4.79 Å². The molecule has 3 N–H and O–H groups in total. The minimum atomic E-state index is -1.34. The third-order valence-electron chi connectivity index (χ3n) is 6.45. The van der Waals surface area contributed by atoms with E-state index >= 15 is 0 Å². The number of carboxylic acids is 1. The number of carboxylic acid groups (broad SMARTS) is 1. The number of fused-ring (bicyclic) bond motifs is 3. The lowest BCUT2D eigenvalue weighted by Crippen LogP contribution is -2.53. The van der Waals surface area contributed by atoms with E-state index in [1.54, 1.807) is 6.92 Å². The first kappa shape index (κ1) is 24.3. The minimum Gasteiger partial charge on any atom is -0.480 e. The van der Waals surface area contributed by atoms with Gasteiger partial charge in [0.05, 0.1) is 0 Å². The van der Waals surface area contributed by atoms with Crippen LogP contribution in [0.5, 0.6) is 0 Å². The van der Waals surface area contributed by atoms with Crippen molar-refractivity contribution >= 4 is 18.0 Å². The van der Waals surface area contributed by atoms with Gasteiger partial charge in [-0.25, -0.2) is 9.59 Å². The summed E-state index contributed by atoms with van der Waals surface area (Å²) < 4.78 is 5.59. The van der Waals surface area contributed by atoms with E-state index in [2.05, 4.69) is 34.9 Å². The Hall–Kier alpha value is -3.35. The van der Waals surface area contributed by atoms with Crippen LogP contribution in [0.15, 0.2) is 48.5 Å². The molecule has 0 heterocycles. The van der Waals surface area contributed by atoms with Gasteiger partial charge >= 0.3 is 12.1 Å². The van der Waals surface area contributed by atoms with E-state index < -0.39 is 29.6 Å². The first-order chi connectivity index (χ1) is 15.7. The van der Waals surface area contributed by atoms with Gasteiger partial charge in [-0.2, -0.15) is 0 Å². The molecule has 1 unspecified atom stereocenters. The van der Waals surface area contributed by atoms with Gasteiger partial charge in [0, 0.05) is 18.4 Å². The molecule has 176 valence electrons. The van der Waals surface area contributed by atoms with Crippen molar-refractivity contribution in [1.29, 1.82) is 0 Å². The van der Waals surface area contributed by atoms with E-state index in [-0.39, 0.29) is 31.3 Å². The number of alkyl carbamates (subject to hydrolysis) is 1. The van der Waals surface area contributed by atoms with Gasteiger partial charge in [0.15, 0.2) is 0 Å². The molecule has 2 aromatic carbocycles. The van der Waals surface area contributed by atoms with Crippen LogP contribution in [0, 0.1) is 5.92 Å². The molecule has 0 saturated heterocycles. The maximum atomic E-state index is 12.6. The summed E-state index contributed by atoms with van der Waals surface area (Å²) in [4.78, 5) is 36.6. The number of amides is 2. The molecule has 3 rings (SSSR count). The number of carbonyl (C=O) groups excluding carboxylic acids is 2. The van der Waals surface area contributed by atoms with E-state index in [9.17, 15) is 19.5 Å². The van der Waals surface area contributed by atoms with E-state index in [0.29, 0.717) is 0 Å². The maximum Gasteiger partial charge on any atom is 0.407 e. The van der Waals surface area contributed by atoms with E-state index in [4.69, 9.17) is 4.74 Å². The Morgan fingerprint density at radius 2 is 1.58 bits per heavy atom. The Kier molecular flexibility index (Phi) is 7.41. The monoisotopic (exact) mass is 452 g/mol. The number of rotatable bonds is 9. The Bertz CT molecular complexity index is 989. The molecule has 2 amide bonds. The third-order valence-corrected chi connectivity index (χ3v) is 6.45. The summed E-state index contributed by atoms with van der Waals surface area (Å²) in [5.41, 5.74) is 3.20. The molecule has 0 aromatic heterocycles. The van der Waals surface area contributed by atoms with Crippen molar-refractivity contribution < 1.29 is 24.2 Å². The largest absolute Gasteiger partial charge is 0.480 e. The number of ether oxygens (including phenoxy) is 1. The zero-order valence-electron chi connectivity index (χ0n) is 19.6. The number of nitrogens with one attached hydrogen (secondary N) is 2. The second kappa shape index (κ2) is 10.1. The van der Waals surface area contributed by atoms with Crippen LogP contribution in [-0.4, -0.2) is 41.3 Å². The average Bonchev–Trinajstić information content (AvgIpc) is 3.10. The van der Waals surface area contributed by atoms with Gasteiger partial charge in [-0.1, -0.05) is 69.3 Å². The molecule has 0 saturated carbocycles. The fourth-order valence-electron chi connectivity index (χ4n) is 4.10. The molecule has 33 heavy (non-hydrogen) atoms. The molecular weight excluding hydrogens is 420 g/mol. The zero-order valence-corrected chi connectivity index (χ0v) is 19.6. The average molecular weight is 453 g/mol. The van der Waals surface area contributed by atoms with E-state index in [0.717, 1.165) is 22.3 Å². The van der Waals surface area contributed by atoms with Crippen LogP contribution >= 0.6 is 0 Å². The van der Waals surface area contributed by atoms with Crippen LogP contribution in [0.25, 0.3) is 11.1 Å². The van der Waals surface area contributed by atoms with Crippen LogP contribution in [0.2, 0.25) is 0 Å². The molecule has 0 bridgehead atoms. The fourth-order valence-corrected chi connectivity index (χ4v) is 4.10. The fraction of sp³-hybridized carbons (Fsp3) is 0.423. The van der Waals surface area contributed by atoms with Crippen LogP contribution in [-0.2, 0) is 14.3 Å². The second-order valence-corrected chi connectivity index (χ2v) is 9.06. The van der Waals surface area contributed by atoms with Crippen molar-refractivity contribution in [1.82, 2.24) is 10.6 Å². The zero-order chi connectivity index (χ0) is 24.2. The van der Waals surface area contributed by atoms with Gasteiger partial charge in [0.2, 0.25) is 5.91 Å². The van der Waals surface area contributed by atoms with Crippen molar-refractivity contribution in [2.45, 2.75) is 58.0 Å². The summed E-state index contributed by atoms with van der Waals surface area (Å²) in [5.74, 6) is -1.62. The Balaban J connectivity index is 1.62. The van der Waals surface area contributed by atoms with Crippen molar-refractivity contribution in [3.8, 4) is 11.1 Å². The van der Waals surface area contributed by atoms with Crippen molar-refractivity contribution in [2.75, 3.05) is 6.61 Å². The molecule has 1 aliphatic rings. The lowest BCUT2D eigenvalue weighted by molar-refractivity contribution is -0.147. The lowest BCUT2D eigenvalue weighted by atomic mass is 9.96. The van der Waals surface area contributed by atoms with E-state index in [1.807, 2.05) is 38.1 Å². The summed E-state index contributed by atoms with van der Waals surface area (Å²) in [6.45, 7) is 7.12. The Labute approximate surface area is 194 Å². The number of aliphatic carboxylic acids is 1. The molecule has 7 heteroatoms. The first-order valence-electron chi connectivity index (χ1n) is 11.3. The lowest BCUT2D eigenvalue weighted by Gasteiger charge is -2.27. The standard InChI is InChI=1S/C26H32N2O5/c1-5-26(4,24(30)31)28-23(29)14-22(16(2)3)27-25(32)33-15-21-19-12-8-6-10-17(19)18-11-7-9-13-20(18)21/h6-13,16,21-22H,5,14-15H2,1-4H3,(H,27,32)(H,28,29)(H,30,31)/t22-,26?/m1/s1. The SMILES string of the molecule is CCC(C)(NC(=O)C[C@@H](NC(=O)OCC1c2ccccc2-c2ccccc21)C(C)C)C(=O)O. The molecule has 2 atom stereocenters. The van der Waals surface area contributed by atoms with Crippen LogP contribution < -0.4 is 10.6 Å². The normalized spacial score (nSPS) is 15.2. The third kappa shape index (κ3) is 5.35. The minimum absolute atomic E-state index is 0.0370. The summed E-state index contributed by atoms with van der Waals surface area (Å²) in [6.07, 6.45) is -0.384. The van der Waals surface area contributed by atoms with Crippen LogP contribution in [0.3, 0.4) is 0 Å². The topological polar surface area (TPSA) is 105 Å². The van der Waals surface area contributed by atoms with E-state index in [1.165, 1.54) is 6.92 Å². The van der Waals surface area contributed by atoms with Crippen molar-refractivity contribution in [3.05, 3.63) is 59.7 Å². The summed E-state index contributed by atoms with van der Waals surface area (Å²) in [5, 5.41) is 14.7. The van der Waals surface area contributed by atoms with Gasteiger partial charge in [-0.15, -0.1) is 0 Å². The molecule has 2 aromatic rings. The van der Waals surface area contributed by atoms with Crippen LogP contribution in [0.4, 0.5) is 4.79 Å². The molecule has 7 nitrogen and oxygen atoms in total. The Morgan fingerprint density at radius 3 is 2.06 bits per heavy atom. The molecule has 0 aliphatic heterocycles. The molecule has 0 radical (unpaired) electrons. The predicted octanol–water partition coefficient (Wildman–Crippen LogP) is 4.31. The van der Waals surface area contributed by atoms with Gasteiger partial charge in [0.25, 0.3) is 0 Å². The summed E-state index contributed by atoms with van der Waals surface area (Å²) in [6, 6.07) is 15.7. The highest BCUT2D eigenvalue weighted by Gasteiger charge is 2.34. The number of benzene rings is 2. The van der Waals surface area contributed by atoms with Gasteiger partial charge in [-0.05, 0) is 41.5 Å². The van der Waals surface area contributed by atoms with Crippen molar-refractivity contribution in [3.63, 3.8) is 0 Å². The quantitative estimate of drug-likeness (QED) is 0.526. The summed E-state index contributed by atoms with van der Waals surface area (Å²) >= 11 is 0. The second-order valence-electron chi connectivity index (χ2n) is 9.06. The van der Waals surface area contributed by atoms with Gasteiger partial charge < -0.3 is 20.5 Å². The highest BCUT2D eigenvalue weighted by Crippen LogP contribution is 2.44. The molecule has 1 aliphatic carbocycles. The highest BCUT2D eigenvalue weighted by atomic mass is 16.5. The van der Waals surface area contributed by atoms with Gasteiger partial charge in [0.1, 0.15) is 12.1 Å². The molecular formula is C26H32N2O5. The highest BCUT2D eigenvalue weighted by molar-refractivity contribution is 5.87. The number of hydrogen-bond donors (Lipinski definition) is 3. The predicted molar refractivity (Wildman–Crippen MR) is 126 cm³/mol. The first-order valence-corrected chi connectivity index (χ1v) is 11.3. The molecule has 0 fully saturated rings. The summed E-state index contributed by atoms with van der Waals surface area (Å²) in [7, 11) is 0. The number of carbonyl (C=O) groups is 3. The van der Waals surface area contributed by atoms with Crippen LogP contribution in [0.1, 0.15) is 57.6 Å².